The molecule has 1 heterocycles. The maximum Gasteiger partial charge on any atom is 0.229 e. The number of hydrogen-bond acceptors (Lipinski definition) is 2. The van der Waals surface area contributed by atoms with Crippen LogP contribution in [-0.4, -0.2) is 18.4 Å². The van der Waals surface area contributed by atoms with E-state index in [4.69, 9.17) is 0 Å². The molecule has 1 N–H and O–H groups in total. The number of carbonyl (C=O) groups excluding carboxylic acids is 2. The highest BCUT2D eigenvalue weighted by Crippen LogP contribution is 2.32. The van der Waals surface area contributed by atoms with E-state index in [0.29, 0.717) is 0 Å². The molecule has 0 atom stereocenters. The number of fused-ring (bicyclic) bond motifs is 1. The SMILES string of the molecule is CC(C)C(=O)N1CCCc2ccc(NC(=O)C3CCCC3)cc21. The van der Waals surface area contributed by atoms with Crippen LogP contribution in [0, 0.1) is 11.8 Å². The predicted molar refractivity (Wildman–Crippen MR) is 92.5 cm³/mol. The Hall–Kier alpha value is -1.84. The number of carbonyl (C=O) groups is 2. The van der Waals surface area contributed by atoms with E-state index >= 15 is 0 Å². The predicted octanol–water partition coefficient (Wildman–Crippen LogP) is 3.75. The Morgan fingerprint density at radius 2 is 1.91 bits per heavy atom. The van der Waals surface area contributed by atoms with Gasteiger partial charge in [0, 0.05) is 29.8 Å². The number of amides is 2. The van der Waals surface area contributed by atoms with Gasteiger partial charge in [-0.1, -0.05) is 32.8 Å². The molecule has 1 aliphatic carbocycles. The quantitative estimate of drug-likeness (QED) is 0.923. The number of nitrogens with zero attached hydrogens (tertiary/aromatic N) is 1. The van der Waals surface area contributed by atoms with Gasteiger partial charge in [-0.05, 0) is 43.4 Å². The van der Waals surface area contributed by atoms with Gasteiger partial charge in [0.05, 0.1) is 0 Å². The molecule has 1 fully saturated rings. The lowest BCUT2D eigenvalue weighted by molar-refractivity contribution is -0.121. The van der Waals surface area contributed by atoms with Crippen LogP contribution >= 0.6 is 0 Å². The molecule has 23 heavy (non-hydrogen) atoms. The van der Waals surface area contributed by atoms with Crippen molar-refractivity contribution in [2.24, 2.45) is 11.8 Å². The minimum absolute atomic E-state index is 0.0160. The van der Waals surface area contributed by atoms with Crippen molar-refractivity contribution in [3.05, 3.63) is 23.8 Å². The van der Waals surface area contributed by atoms with Crippen molar-refractivity contribution in [3.63, 3.8) is 0 Å². The fourth-order valence-corrected chi connectivity index (χ4v) is 3.63. The Morgan fingerprint density at radius 3 is 2.61 bits per heavy atom. The van der Waals surface area contributed by atoms with Crippen LogP contribution in [-0.2, 0) is 16.0 Å². The van der Waals surface area contributed by atoms with E-state index < -0.39 is 0 Å². The molecule has 0 aromatic heterocycles. The molecule has 3 rings (SSSR count). The van der Waals surface area contributed by atoms with Crippen LogP contribution in [0.2, 0.25) is 0 Å². The van der Waals surface area contributed by atoms with E-state index in [0.717, 1.165) is 56.4 Å². The number of hydrogen-bond donors (Lipinski definition) is 1. The largest absolute Gasteiger partial charge is 0.326 e. The molecule has 2 aliphatic rings. The number of nitrogens with one attached hydrogen (secondary N) is 1. The molecule has 4 heteroatoms. The third-order valence-electron chi connectivity index (χ3n) is 4.96. The normalized spacial score (nSPS) is 18.1. The lowest BCUT2D eigenvalue weighted by Gasteiger charge is -2.31. The fourth-order valence-electron chi connectivity index (χ4n) is 3.63. The molecule has 1 saturated carbocycles. The molecule has 0 spiro atoms. The lowest BCUT2D eigenvalue weighted by atomic mass is 9.99. The average Bonchev–Trinajstić information content (AvgIpc) is 3.08. The summed E-state index contributed by atoms with van der Waals surface area (Å²) in [5, 5.41) is 3.05. The highest BCUT2D eigenvalue weighted by molar-refractivity contribution is 5.98. The van der Waals surface area contributed by atoms with Crippen molar-refractivity contribution in [1.82, 2.24) is 0 Å². The van der Waals surface area contributed by atoms with E-state index in [1.54, 1.807) is 0 Å². The molecule has 4 nitrogen and oxygen atoms in total. The van der Waals surface area contributed by atoms with Gasteiger partial charge in [-0.25, -0.2) is 0 Å². The van der Waals surface area contributed by atoms with Crippen LogP contribution in [0.15, 0.2) is 18.2 Å². The van der Waals surface area contributed by atoms with E-state index in [2.05, 4.69) is 11.4 Å². The molecule has 0 radical (unpaired) electrons. The van der Waals surface area contributed by atoms with Crippen LogP contribution in [0.25, 0.3) is 0 Å². The van der Waals surface area contributed by atoms with Crippen molar-refractivity contribution in [2.75, 3.05) is 16.8 Å². The maximum atomic E-state index is 12.4. The second-order valence-corrected chi connectivity index (χ2v) is 7.06. The molecule has 1 aliphatic heterocycles. The van der Waals surface area contributed by atoms with E-state index in [1.165, 1.54) is 5.56 Å². The number of aryl methyl sites for hydroxylation is 1. The molecule has 2 amide bonds. The van der Waals surface area contributed by atoms with Gasteiger partial charge >= 0.3 is 0 Å². The first-order chi connectivity index (χ1) is 11.1. The van der Waals surface area contributed by atoms with Crippen molar-refractivity contribution in [3.8, 4) is 0 Å². The first-order valence-corrected chi connectivity index (χ1v) is 8.81. The summed E-state index contributed by atoms with van der Waals surface area (Å²) in [4.78, 5) is 26.6. The zero-order valence-corrected chi connectivity index (χ0v) is 14.1. The van der Waals surface area contributed by atoms with Crippen molar-refractivity contribution in [1.29, 1.82) is 0 Å². The molecule has 124 valence electrons. The highest BCUT2D eigenvalue weighted by Gasteiger charge is 2.26. The molecule has 0 unspecified atom stereocenters. The highest BCUT2D eigenvalue weighted by atomic mass is 16.2. The van der Waals surface area contributed by atoms with Gasteiger partial charge in [0.1, 0.15) is 0 Å². The second kappa shape index (κ2) is 6.73. The smallest absolute Gasteiger partial charge is 0.229 e. The molecule has 0 saturated heterocycles. The van der Waals surface area contributed by atoms with Gasteiger partial charge in [0.2, 0.25) is 11.8 Å². The summed E-state index contributed by atoms with van der Waals surface area (Å²) >= 11 is 0. The second-order valence-electron chi connectivity index (χ2n) is 7.06. The van der Waals surface area contributed by atoms with Crippen molar-refractivity contribution < 1.29 is 9.59 Å². The fraction of sp³-hybridized carbons (Fsp3) is 0.579. The van der Waals surface area contributed by atoms with Crippen LogP contribution < -0.4 is 10.2 Å². The molecule has 1 aromatic carbocycles. The maximum absolute atomic E-state index is 12.4. The average molecular weight is 314 g/mol. The standard InChI is InChI=1S/C19H26N2O2/c1-13(2)19(23)21-11-5-8-14-9-10-16(12-17(14)21)20-18(22)15-6-3-4-7-15/h9-10,12-13,15H,3-8,11H2,1-2H3,(H,20,22). The summed E-state index contributed by atoms with van der Waals surface area (Å²) in [5.74, 6) is 0.419. The zero-order valence-electron chi connectivity index (χ0n) is 14.1. The zero-order chi connectivity index (χ0) is 16.4. The van der Waals surface area contributed by atoms with Gasteiger partial charge in [-0.15, -0.1) is 0 Å². The topological polar surface area (TPSA) is 49.4 Å². The minimum atomic E-state index is -0.0160. The van der Waals surface area contributed by atoms with E-state index in [9.17, 15) is 9.59 Å². The summed E-state index contributed by atoms with van der Waals surface area (Å²) in [5.41, 5.74) is 2.98. The van der Waals surface area contributed by atoms with Gasteiger partial charge in [0.25, 0.3) is 0 Å². The minimum Gasteiger partial charge on any atom is -0.326 e. The van der Waals surface area contributed by atoms with Gasteiger partial charge in [0.15, 0.2) is 0 Å². The molecule has 0 bridgehead atoms. The van der Waals surface area contributed by atoms with Crippen molar-refractivity contribution in [2.45, 2.75) is 52.4 Å². The Kier molecular flexibility index (Phi) is 4.69. The van der Waals surface area contributed by atoms with E-state index in [-0.39, 0.29) is 23.7 Å². The summed E-state index contributed by atoms with van der Waals surface area (Å²) in [6.45, 7) is 4.63. The first kappa shape index (κ1) is 16.0. The Labute approximate surface area is 138 Å². The monoisotopic (exact) mass is 314 g/mol. The first-order valence-electron chi connectivity index (χ1n) is 8.81. The summed E-state index contributed by atoms with van der Waals surface area (Å²) < 4.78 is 0. The lowest BCUT2D eigenvalue weighted by Crippen LogP contribution is -2.38. The van der Waals surface area contributed by atoms with Crippen LogP contribution in [0.4, 0.5) is 11.4 Å². The number of rotatable bonds is 3. The number of benzene rings is 1. The third kappa shape index (κ3) is 3.41. The number of anilines is 2. The summed E-state index contributed by atoms with van der Waals surface area (Å²) in [6.07, 6.45) is 6.29. The van der Waals surface area contributed by atoms with E-state index in [1.807, 2.05) is 30.9 Å². The molecular weight excluding hydrogens is 288 g/mol. The summed E-state index contributed by atoms with van der Waals surface area (Å²) in [7, 11) is 0. The van der Waals surface area contributed by atoms with Crippen LogP contribution in [0.5, 0.6) is 0 Å². The third-order valence-corrected chi connectivity index (χ3v) is 4.96. The van der Waals surface area contributed by atoms with Crippen LogP contribution in [0.3, 0.4) is 0 Å². The van der Waals surface area contributed by atoms with Gasteiger partial charge in [-0.2, -0.15) is 0 Å². The van der Waals surface area contributed by atoms with Crippen molar-refractivity contribution >= 4 is 23.2 Å². The Morgan fingerprint density at radius 1 is 1.17 bits per heavy atom. The Balaban J connectivity index is 1.80. The van der Waals surface area contributed by atoms with Gasteiger partial charge in [-0.3, -0.25) is 9.59 Å². The summed E-state index contributed by atoms with van der Waals surface area (Å²) in [6, 6.07) is 6.00. The Bertz CT molecular complexity index is 603. The molecule has 1 aromatic rings. The molecular formula is C19H26N2O2. The van der Waals surface area contributed by atoms with Gasteiger partial charge < -0.3 is 10.2 Å². The van der Waals surface area contributed by atoms with Crippen LogP contribution in [0.1, 0.15) is 51.5 Å².